The van der Waals surface area contributed by atoms with E-state index in [2.05, 4.69) is 9.46 Å². The van der Waals surface area contributed by atoms with Crippen molar-refractivity contribution in [3.8, 4) is 5.75 Å². The Labute approximate surface area is 122 Å². The van der Waals surface area contributed by atoms with Gasteiger partial charge in [-0.15, -0.1) is 0 Å². The minimum Gasteiger partial charge on any atom is -0.434 e. The lowest BCUT2D eigenvalue weighted by atomic mass is 10.2. The molecule has 118 valence electrons. The smallest absolute Gasteiger partial charge is 0.387 e. The molecule has 1 saturated heterocycles. The summed E-state index contributed by atoms with van der Waals surface area (Å²) in [5.41, 5.74) is 0.355. The second-order valence-electron chi connectivity index (χ2n) is 4.76. The summed E-state index contributed by atoms with van der Waals surface area (Å²) in [7, 11) is -3.57. The highest BCUT2D eigenvalue weighted by molar-refractivity contribution is 7.90. The van der Waals surface area contributed by atoms with Gasteiger partial charge in [0.25, 0.3) is 0 Å². The van der Waals surface area contributed by atoms with Crippen molar-refractivity contribution in [2.24, 2.45) is 0 Å². The molecule has 2 unspecified atom stereocenters. The Bertz CT molecular complexity index is 579. The average molecular weight is 321 g/mol. The van der Waals surface area contributed by atoms with Crippen LogP contribution in [0.3, 0.4) is 0 Å². The molecule has 2 rings (SSSR count). The number of nitrogens with one attached hydrogen (secondary N) is 1. The third-order valence-electron chi connectivity index (χ3n) is 3.36. The molecule has 1 aliphatic rings. The van der Waals surface area contributed by atoms with E-state index in [0.717, 1.165) is 0 Å². The molecule has 0 spiro atoms. The quantitative estimate of drug-likeness (QED) is 0.869. The molecule has 1 aromatic carbocycles. The summed E-state index contributed by atoms with van der Waals surface area (Å²) in [4.78, 5) is 0. The van der Waals surface area contributed by atoms with Crippen molar-refractivity contribution in [2.75, 3.05) is 6.61 Å². The number of halogens is 2. The van der Waals surface area contributed by atoms with Crippen molar-refractivity contribution in [3.63, 3.8) is 0 Å². The van der Waals surface area contributed by atoms with Crippen molar-refractivity contribution in [1.82, 2.24) is 4.72 Å². The Morgan fingerprint density at radius 2 is 2.14 bits per heavy atom. The van der Waals surface area contributed by atoms with Crippen LogP contribution in [-0.2, 0) is 21.3 Å². The Morgan fingerprint density at radius 1 is 1.43 bits per heavy atom. The maximum absolute atomic E-state index is 12.3. The average Bonchev–Trinajstić information content (AvgIpc) is 2.84. The van der Waals surface area contributed by atoms with Gasteiger partial charge in [0.1, 0.15) is 11.0 Å². The molecule has 0 saturated carbocycles. The Morgan fingerprint density at radius 3 is 2.76 bits per heavy atom. The van der Waals surface area contributed by atoms with Gasteiger partial charge in [0.2, 0.25) is 10.0 Å². The molecule has 0 radical (unpaired) electrons. The number of hydrogen-bond acceptors (Lipinski definition) is 4. The number of sulfonamides is 1. The van der Waals surface area contributed by atoms with Crippen molar-refractivity contribution in [2.45, 2.75) is 37.9 Å². The van der Waals surface area contributed by atoms with Crippen molar-refractivity contribution in [3.05, 3.63) is 29.8 Å². The van der Waals surface area contributed by atoms with E-state index in [4.69, 9.17) is 4.74 Å². The highest BCUT2D eigenvalue weighted by Crippen LogP contribution is 2.23. The van der Waals surface area contributed by atoms with Crippen LogP contribution < -0.4 is 9.46 Å². The van der Waals surface area contributed by atoms with Gasteiger partial charge in [0, 0.05) is 18.7 Å². The fraction of sp³-hybridized carbons (Fsp3) is 0.538. The first kappa shape index (κ1) is 16.1. The van der Waals surface area contributed by atoms with Crippen molar-refractivity contribution < 1.29 is 26.7 Å². The molecule has 0 bridgehead atoms. The Hall–Kier alpha value is -1.25. The fourth-order valence-corrected chi connectivity index (χ4v) is 3.83. The zero-order chi connectivity index (χ0) is 15.5. The molecule has 8 heteroatoms. The van der Waals surface area contributed by atoms with Crippen LogP contribution >= 0.6 is 0 Å². The first-order valence-corrected chi connectivity index (χ1v) is 8.07. The van der Waals surface area contributed by atoms with Crippen LogP contribution in [-0.4, -0.2) is 33.0 Å². The number of rotatable bonds is 6. The standard InChI is InChI=1S/C13H17F2NO4S/c1-9-12(6-7-19-9)21(17,18)16-8-10-4-2-3-5-11(10)20-13(14)15/h2-5,9,12-13,16H,6-8H2,1H3. The number of ether oxygens (including phenoxy) is 2. The third kappa shape index (κ3) is 4.12. The minimum absolute atomic E-state index is 0.0362. The summed E-state index contributed by atoms with van der Waals surface area (Å²) in [5.74, 6) is -0.0362. The summed E-state index contributed by atoms with van der Waals surface area (Å²) in [6.45, 7) is -0.956. The van der Waals surface area contributed by atoms with Crippen LogP contribution in [0.1, 0.15) is 18.9 Å². The van der Waals surface area contributed by atoms with E-state index >= 15 is 0 Å². The van der Waals surface area contributed by atoms with Gasteiger partial charge in [0.05, 0.1) is 6.10 Å². The van der Waals surface area contributed by atoms with Gasteiger partial charge in [-0.2, -0.15) is 8.78 Å². The summed E-state index contributed by atoms with van der Waals surface area (Å²) in [5, 5.41) is -0.624. The molecule has 1 aromatic rings. The van der Waals surface area contributed by atoms with E-state index in [0.29, 0.717) is 18.6 Å². The lowest BCUT2D eigenvalue weighted by molar-refractivity contribution is -0.0504. The van der Waals surface area contributed by atoms with Gasteiger partial charge < -0.3 is 9.47 Å². The fourth-order valence-electron chi connectivity index (χ4n) is 2.27. The number of alkyl halides is 2. The van der Waals surface area contributed by atoms with Crippen LogP contribution in [0.25, 0.3) is 0 Å². The van der Waals surface area contributed by atoms with Crippen LogP contribution in [0.4, 0.5) is 8.78 Å². The van der Waals surface area contributed by atoms with Gasteiger partial charge in [-0.3, -0.25) is 0 Å². The lowest BCUT2D eigenvalue weighted by Gasteiger charge is -2.17. The van der Waals surface area contributed by atoms with E-state index in [1.54, 1.807) is 19.1 Å². The molecular formula is C13H17F2NO4S. The molecule has 0 aliphatic carbocycles. The van der Waals surface area contributed by atoms with Crippen molar-refractivity contribution >= 4 is 10.0 Å². The van der Waals surface area contributed by atoms with Crippen LogP contribution in [0, 0.1) is 0 Å². The topological polar surface area (TPSA) is 64.6 Å². The van der Waals surface area contributed by atoms with E-state index in [-0.39, 0.29) is 18.4 Å². The largest absolute Gasteiger partial charge is 0.434 e. The molecule has 0 aromatic heterocycles. The molecule has 0 amide bonds. The third-order valence-corrected chi connectivity index (χ3v) is 5.32. The Balaban J connectivity index is 2.06. The molecule has 1 N–H and O–H groups in total. The number of hydrogen-bond donors (Lipinski definition) is 1. The minimum atomic E-state index is -3.57. The van der Waals surface area contributed by atoms with Gasteiger partial charge in [0.15, 0.2) is 0 Å². The number of para-hydroxylation sites is 1. The zero-order valence-electron chi connectivity index (χ0n) is 11.5. The maximum atomic E-state index is 12.3. The molecular weight excluding hydrogens is 304 g/mol. The second kappa shape index (κ2) is 6.67. The first-order valence-electron chi connectivity index (χ1n) is 6.53. The normalized spacial score (nSPS) is 22.7. The number of benzene rings is 1. The lowest BCUT2D eigenvalue weighted by Crippen LogP contribution is -2.37. The summed E-state index contributed by atoms with van der Waals surface area (Å²) in [6.07, 6.45) is 0.0427. The van der Waals surface area contributed by atoms with Crippen molar-refractivity contribution in [1.29, 1.82) is 0 Å². The summed E-state index contributed by atoms with van der Waals surface area (Å²) in [6, 6.07) is 6.08. The van der Waals surface area contributed by atoms with Crippen LogP contribution in [0.5, 0.6) is 5.75 Å². The first-order chi connectivity index (χ1) is 9.90. The van der Waals surface area contributed by atoms with Gasteiger partial charge in [-0.25, -0.2) is 13.1 Å². The molecule has 1 fully saturated rings. The Kier molecular flexibility index (Phi) is 5.13. The molecule has 1 heterocycles. The van der Waals surface area contributed by atoms with E-state index in [1.165, 1.54) is 12.1 Å². The summed E-state index contributed by atoms with van der Waals surface area (Å²) >= 11 is 0. The van der Waals surface area contributed by atoms with E-state index in [1.807, 2.05) is 0 Å². The van der Waals surface area contributed by atoms with E-state index in [9.17, 15) is 17.2 Å². The molecule has 5 nitrogen and oxygen atoms in total. The highest BCUT2D eigenvalue weighted by atomic mass is 32.2. The summed E-state index contributed by atoms with van der Waals surface area (Å²) < 4.78 is 61.0. The predicted molar refractivity (Wildman–Crippen MR) is 72.7 cm³/mol. The van der Waals surface area contributed by atoms with Gasteiger partial charge in [-0.1, -0.05) is 18.2 Å². The highest BCUT2D eigenvalue weighted by Gasteiger charge is 2.35. The van der Waals surface area contributed by atoms with Crippen LogP contribution in [0.15, 0.2) is 24.3 Å². The van der Waals surface area contributed by atoms with E-state index < -0.39 is 21.9 Å². The van der Waals surface area contributed by atoms with Gasteiger partial charge >= 0.3 is 6.61 Å². The second-order valence-corrected chi connectivity index (χ2v) is 6.74. The van der Waals surface area contributed by atoms with Gasteiger partial charge in [-0.05, 0) is 19.4 Å². The molecule has 2 atom stereocenters. The predicted octanol–water partition coefficient (Wildman–Crippen LogP) is 1.88. The SMILES string of the molecule is CC1OCCC1S(=O)(=O)NCc1ccccc1OC(F)F. The maximum Gasteiger partial charge on any atom is 0.387 e. The zero-order valence-corrected chi connectivity index (χ0v) is 12.3. The molecule has 1 aliphatic heterocycles. The molecule has 21 heavy (non-hydrogen) atoms. The monoisotopic (exact) mass is 321 g/mol. The van der Waals surface area contributed by atoms with Crippen LogP contribution in [0.2, 0.25) is 0 Å².